The SMILES string of the molecule is ON=c1ccn(O)c2ccc(Cl)cc12. The monoisotopic (exact) mass is 210 g/mol. The van der Waals surface area contributed by atoms with Gasteiger partial charge in [0.1, 0.15) is 5.36 Å². The van der Waals surface area contributed by atoms with Gasteiger partial charge in [-0.3, -0.25) is 0 Å². The van der Waals surface area contributed by atoms with E-state index in [4.69, 9.17) is 16.8 Å². The van der Waals surface area contributed by atoms with Crippen molar-refractivity contribution < 1.29 is 10.4 Å². The molecule has 0 radical (unpaired) electrons. The minimum Gasteiger partial charge on any atom is -0.428 e. The van der Waals surface area contributed by atoms with E-state index in [1.165, 1.54) is 12.3 Å². The molecule has 4 nitrogen and oxygen atoms in total. The molecule has 1 aromatic carbocycles. The van der Waals surface area contributed by atoms with Crippen LogP contribution in [0.5, 0.6) is 0 Å². The lowest BCUT2D eigenvalue weighted by Gasteiger charge is -2.03. The van der Waals surface area contributed by atoms with Crippen molar-refractivity contribution in [3.63, 3.8) is 0 Å². The third kappa shape index (κ3) is 1.29. The summed E-state index contributed by atoms with van der Waals surface area (Å²) in [6.07, 6.45) is 1.39. The second-order valence-corrected chi connectivity index (χ2v) is 3.24. The highest BCUT2D eigenvalue weighted by Crippen LogP contribution is 2.15. The molecule has 1 heterocycles. The first-order valence-corrected chi connectivity index (χ1v) is 4.28. The topological polar surface area (TPSA) is 57.8 Å². The van der Waals surface area contributed by atoms with Crippen molar-refractivity contribution in [1.29, 1.82) is 0 Å². The average Bonchev–Trinajstić information content (AvgIpc) is 2.18. The Labute approximate surface area is 84.2 Å². The number of benzene rings is 1. The third-order valence-electron chi connectivity index (χ3n) is 1.96. The van der Waals surface area contributed by atoms with E-state index in [2.05, 4.69) is 5.16 Å². The van der Waals surface area contributed by atoms with Gasteiger partial charge in [-0.1, -0.05) is 16.8 Å². The highest BCUT2D eigenvalue weighted by molar-refractivity contribution is 6.31. The molecule has 0 amide bonds. The van der Waals surface area contributed by atoms with Crippen molar-refractivity contribution in [3.05, 3.63) is 40.8 Å². The molecule has 0 atom stereocenters. The molecule has 0 saturated carbocycles. The number of pyridine rings is 1. The largest absolute Gasteiger partial charge is 0.428 e. The molecule has 0 aliphatic rings. The molecule has 0 fully saturated rings. The predicted octanol–water partition coefficient (Wildman–Crippen LogP) is 1.82. The Balaban J connectivity index is 3.00. The Hall–Kier alpha value is -1.68. The van der Waals surface area contributed by atoms with E-state index >= 15 is 0 Å². The van der Waals surface area contributed by atoms with E-state index < -0.39 is 0 Å². The van der Waals surface area contributed by atoms with E-state index in [0.29, 0.717) is 21.3 Å². The Morgan fingerprint density at radius 2 is 2.07 bits per heavy atom. The Bertz CT molecular complexity index is 548. The quantitative estimate of drug-likeness (QED) is 0.396. The zero-order chi connectivity index (χ0) is 10.1. The molecule has 0 unspecified atom stereocenters. The minimum absolute atomic E-state index is 0.368. The number of aromatic nitrogens is 1. The summed E-state index contributed by atoms with van der Waals surface area (Å²) in [5.41, 5.74) is 0.532. The fourth-order valence-electron chi connectivity index (χ4n) is 1.31. The molecule has 2 rings (SSSR count). The smallest absolute Gasteiger partial charge is 0.113 e. The van der Waals surface area contributed by atoms with Crippen LogP contribution in [-0.4, -0.2) is 15.1 Å². The summed E-state index contributed by atoms with van der Waals surface area (Å²) in [5, 5.41) is 22.7. The van der Waals surface area contributed by atoms with E-state index in [1.807, 2.05) is 0 Å². The van der Waals surface area contributed by atoms with Gasteiger partial charge >= 0.3 is 0 Å². The Morgan fingerprint density at radius 3 is 2.79 bits per heavy atom. The normalized spacial score (nSPS) is 12.2. The van der Waals surface area contributed by atoms with E-state index in [-0.39, 0.29) is 0 Å². The van der Waals surface area contributed by atoms with Crippen molar-refractivity contribution in [2.75, 3.05) is 0 Å². The van der Waals surface area contributed by atoms with Crippen LogP contribution in [0.15, 0.2) is 35.6 Å². The fraction of sp³-hybridized carbons (Fsp3) is 0. The Morgan fingerprint density at radius 1 is 1.29 bits per heavy atom. The number of fused-ring (bicyclic) bond motifs is 1. The van der Waals surface area contributed by atoms with Gasteiger partial charge in [0.15, 0.2) is 0 Å². The van der Waals surface area contributed by atoms with Crippen LogP contribution in [0.1, 0.15) is 0 Å². The zero-order valence-corrected chi connectivity index (χ0v) is 7.81. The second kappa shape index (κ2) is 3.23. The van der Waals surface area contributed by atoms with Crippen molar-refractivity contribution in [2.45, 2.75) is 0 Å². The maximum atomic E-state index is 9.43. The zero-order valence-electron chi connectivity index (χ0n) is 7.05. The molecule has 0 spiro atoms. The molecular weight excluding hydrogens is 204 g/mol. The van der Waals surface area contributed by atoms with Crippen LogP contribution in [0, 0.1) is 0 Å². The average molecular weight is 211 g/mol. The summed E-state index contributed by atoms with van der Waals surface area (Å²) in [6, 6.07) is 6.40. The Kier molecular flexibility index (Phi) is 2.05. The summed E-state index contributed by atoms with van der Waals surface area (Å²) in [7, 11) is 0. The van der Waals surface area contributed by atoms with Gasteiger partial charge in [-0.05, 0) is 24.3 Å². The lowest BCUT2D eigenvalue weighted by atomic mass is 10.2. The molecule has 72 valence electrons. The maximum absolute atomic E-state index is 9.43. The molecule has 2 aromatic rings. The number of rotatable bonds is 0. The summed E-state index contributed by atoms with van der Waals surface area (Å²) in [5.74, 6) is 0. The highest BCUT2D eigenvalue weighted by atomic mass is 35.5. The molecule has 5 heteroatoms. The number of nitrogens with zero attached hydrogens (tertiary/aromatic N) is 2. The second-order valence-electron chi connectivity index (χ2n) is 2.81. The van der Waals surface area contributed by atoms with E-state index in [1.54, 1.807) is 18.2 Å². The molecule has 0 bridgehead atoms. The fourth-order valence-corrected chi connectivity index (χ4v) is 1.48. The lowest BCUT2D eigenvalue weighted by molar-refractivity contribution is 0.197. The van der Waals surface area contributed by atoms with Crippen LogP contribution in [-0.2, 0) is 0 Å². The van der Waals surface area contributed by atoms with Gasteiger partial charge in [0, 0.05) is 16.6 Å². The third-order valence-corrected chi connectivity index (χ3v) is 2.20. The minimum atomic E-state index is 0.368. The maximum Gasteiger partial charge on any atom is 0.113 e. The molecule has 1 aromatic heterocycles. The van der Waals surface area contributed by atoms with Crippen LogP contribution in [0.25, 0.3) is 10.9 Å². The van der Waals surface area contributed by atoms with Crippen LogP contribution in [0.3, 0.4) is 0 Å². The number of halogens is 1. The standard InChI is InChI=1S/C9H7ClN2O2/c10-6-1-2-9-7(5-6)8(11-13)3-4-12(9)14/h1-5,13-14H. The summed E-state index contributed by atoms with van der Waals surface area (Å²) in [4.78, 5) is 0. The van der Waals surface area contributed by atoms with Crippen molar-refractivity contribution in [1.82, 2.24) is 4.73 Å². The van der Waals surface area contributed by atoms with Crippen molar-refractivity contribution in [2.24, 2.45) is 5.16 Å². The van der Waals surface area contributed by atoms with Crippen LogP contribution < -0.4 is 5.36 Å². The van der Waals surface area contributed by atoms with Gasteiger partial charge in [-0.2, -0.15) is 4.73 Å². The molecule has 14 heavy (non-hydrogen) atoms. The molecular formula is C9H7ClN2O2. The summed E-state index contributed by atoms with van der Waals surface area (Å²) >= 11 is 5.79. The first kappa shape index (κ1) is 8.90. The summed E-state index contributed by atoms with van der Waals surface area (Å²) < 4.78 is 0.945. The van der Waals surface area contributed by atoms with Gasteiger partial charge in [0.25, 0.3) is 0 Å². The first-order chi connectivity index (χ1) is 6.72. The van der Waals surface area contributed by atoms with Crippen LogP contribution >= 0.6 is 11.6 Å². The molecule has 0 saturated heterocycles. The van der Waals surface area contributed by atoms with E-state index in [0.717, 1.165) is 4.73 Å². The summed E-state index contributed by atoms with van der Waals surface area (Å²) in [6.45, 7) is 0. The lowest BCUT2D eigenvalue weighted by Crippen LogP contribution is -2.07. The van der Waals surface area contributed by atoms with Gasteiger partial charge in [-0.15, -0.1) is 0 Å². The van der Waals surface area contributed by atoms with Crippen LogP contribution in [0.2, 0.25) is 5.02 Å². The van der Waals surface area contributed by atoms with Crippen molar-refractivity contribution >= 4 is 22.5 Å². The molecule has 2 N–H and O–H groups in total. The van der Waals surface area contributed by atoms with E-state index in [9.17, 15) is 5.21 Å². The first-order valence-electron chi connectivity index (χ1n) is 3.90. The highest BCUT2D eigenvalue weighted by Gasteiger charge is 2.01. The van der Waals surface area contributed by atoms with Gasteiger partial charge in [0.05, 0.1) is 5.52 Å². The van der Waals surface area contributed by atoms with Crippen molar-refractivity contribution in [3.8, 4) is 0 Å². The predicted molar refractivity (Wildman–Crippen MR) is 51.5 cm³/mol. The number of hydrogen-bond donors (Lipinski definition) is 2. The molecule has 0 aliphatic heterocycles. The van der Waals surface area contributed by atoms with Gasteiger partial charge in [-0.25, -0.2) is 0 Å². The molecule has 0 aliphatic carbocycles. The number of hydrogen-bond acceptors (Lipinski definition) is 3. The van der Waals surface area contributed by atoms with Gasteiger partial charge in [0.2, 0.25) is 0 Å². The van der Waals surface area contributed by atoms with Gasteiger partial charge < -0.3 is 10.4 Å². The van der Waals surface area contributed by atoms with Crippen LogP contribution in [0.4, 0.5) is 0 Å².